The van der Waals surface area contributed by atoms with Crippen LogP contribution in [0.1, 0.15) is 19.3 Å². The van der Waals surface area contributed by atoms with Gasteiger partial charge in [0, 0.05) is 17.8 Å². The molecule has 5 nitrogen and oxygen atoms in total. The lowest BCUT2D eigenvalue weighted by Crippen LogP contribution is -2.53. The molecule has 2 aliphatic heterocycles. The number of carbonyl (C=O) groups is 2. The van der Waals surface area contributed by atoms with Crippen LogP contribution in [0.5, 0.6) is 0 Å². The second kappa shape index (κ2) is 4.85. The number of hydrogen-bond donors (Lipinski definition) is 2. The van der Waals surface area contributed by atoms with Gasteiger partial charge >= 0.3 is 0 Å². The quantitative estimate of drug-likeness (QED) is 0.542. The Morgan fingerprint density at radius 1 is 1.42 bits per heavy atom. The number of aliphatic hydroxyl groups is 1. The minimum Gasteiger partial charge on any atom is -0.374 e. The molecule has 0 aromatic carbocycles. The molecule has 0 bridgehead atoms. The van der Waals surface area contributed by atoms with Crippen molar-refractivity contribution < 1.29 is 14.7 Å². The molecule has 0 aromatic rings. The van der Waals surface area contributed by atoms with Gasteiger partial charge in [0.2, 0.25) is 11.8 Å². The first-order valence-electron chi connectivity index (χ1n) is 6.39. The van der Waals surface area contributed by atoms with Crippen LogP contribution in [0.4, 0.5) is 0 Å². The summed E-state index contributed by atoms with van der Waals surface area (Å²) in [6.45, 7) is 0.557. The molecule has 0 saturated carbocycles. The van der Waals surface area contributed by atoms with Gasteiger partial charge in [0.25, 0.3) is 0 Å². The predicted octanol–water partition coefficient (Wildman–Crippen LogP) is 0.446. The molecule has 2 N–H and O–H groups in total. The lowest BCUT2D eigenvalue weighted by Gasteiger charge is -2.31. The molecule has 3 rings (SSSR count). The number of carbonyl (C=O) groups excluding carboxylic acids is 2. The van der Waals surface area contributed by atoms with E-state index in [-0.39, 0.29) is 11.8 Å². The van der Waals surface area contributed by atoms with Crippen molar-refractivity contribution in [1.29, 1.82) is 0 Å². The lowest BCUT2D eigenvalue weighted by atomic mass is 10.00. The third-order valence-electron chi connectivity index (χ3n) is 3.87. The van der Waals surface area contributed by atoms with E-state index < -0.39 is 12.3 Å². The van der Waals surface area contributed by atoms with Crippen LogP contribution in [0.15, 0.2) is 23.3 Å². The van der Waals surface area contributed by atoms with Gasteiger partial charge in [0.15, 0.2) is 0 Å². The SMILES string of the molecule is O=C1CCC(N2CC3=CC(Br)CC=C3C2O)C(=O)N1. The molecule has 2 fully saturated rings. The number of nitrogens with one attached hydrogen (secondary N) is 1. The molecule has 6 heteroatoms. The zero-order chi connectivity index (χ0) is 13.6. The van der Waals surface area contributed by atoms with E-state index >= 15 is 0 Å². The number of allylic oxidation sites excluding steroid dienone is 2. The predicted molar refractivity (Wildman–Crippen MR) is 72.4 cm³/mol. The fraction of sp³-hybridized carbons (Fsp3) is 0.538. The summed E-state index contributed by atoms with van der Waals surface area (Å²) in [4.78, 5) is 25.1. The molecule has 2 amide bonds. The highest BCUT2D eigenvalue weighted by atomic mass is 79.9. The van der Waals surface area contributed by atoms with Gasteiger partial charge in [-0.25, -0.2) is 0 Å². The highest BCUT2D eigenvalue weighted by Crippen LogP contribution is 2.35. The summed E-state index contributed by atoms with van der Waals surface area (Å²) in [6, 6.07) is -0.422. The average molecular weight is 327 g/mol. The van der Waals surface area contributed by atoms with Crippen molar-refractivity contribution in [3.05, 3.63) is 23.3 Å². The van der Waals surface area contributed by atoms with Gasteiger partial charge in [-0.1, -0.05) is 28.1 Å². The number of aliphatic hydroxyl groups excluding tert-OH is 1. The fourth-order valence-electron chi connectivity index (χ4n) is 2.91. The molecule has 2 saturated heterocycles. The molecule has 0 radical (unpaired) electrons. The van der Waals surface area contributed by atoms with E-state index in [0.29, 0.717) is 24.2 Å². The molecule has 3 atom stereocenters. The number of rotatable bonds is 1. The number of halogens is 1. The van der Waals surface area contributed by atoms with E-state index in [9.17, 15) is 14.7 Å². The van der Waals surface area contributed by atoms with Crippen LogP contribution < -0.4 is 5.32 Å². The van der Waals surface area contributed by atoms with Crippen molar-refractivity contribution in [2.75, 3.05) is 6.54 Å². The Morgan fingerprint density at radius 2 is 2.21 bits per heavy atom. The smallest absolute Gasteiger partial charge is 0.244 e. The molecule has 3 aliphatic rings. The van der Waals surface area contributed by atoms with Crippen molar-refractivity contribution in [3.8, 4) is 0 Å². The second-order valence-electron chi connectivity index (χ2n) is 5.12. The van der Waals surface area contributed by atoms with Gasteiger partial charge in [-0.2, -0.15) is 0 Å². The summed E-state index contributed by atoms with van der Waals surface area (Å²) >= 11 is 3.54. The highest BCUT2D eigenvalue weighted by Gasteiger charge is 2.41. The maximum absolute atomic E-state index is 11.9. The van der Waals surface area contributed by atoms with Crippen LogP contribution in [0.25, 0.3) is 0 Å². The molecule has 1 aliphatic carbocycles. The number of piperidine rings is 1. The third-order valence-corrected chi connectivity index (χ3v) is 4.51. The summed E-state index contributed by atoms with van der Waals surface area (Å²) < 4.78 is 0. The lowest BCUT2D eigenvalue weighted by molar-refractivity contribution is -0.139. The van der Waals surface area contributed by atoms with Crippen molar-refractivity contribution in [2.45, 2.75) is 36.4 Å². The summed E-state index contributed by atoms with van der Waals surface area (Å²) in [7, 11) is 0. The number of nitrogens with zero attached hydrogens (tertiary/aromatic N) is 1. The van der Waals surface area contributed by atoms with E-state index in [1.165, 1.54) is 0 Å². The number of imide groups is 1. The van der Waals surface area contributed by atoms with Crippen LogP contribution in [-0.4, -0.2) is 45.5 Å². The molecular weight excluding hydrogens is 312 g/mol. The highest BCUT2D eigenvalue weighted by molar-refractivity contribution is 9.09. The van der Waals surface area contributed by atoms with Gasteiger partial charge in [0.05, 0.1) is 6.04 Å². The second-order valence-corrected chi connectivity index (χ2v) is 6.29. The Labute approximate surface area is 119 Å². The van der Waals surface area contributed by atoms with E-state index in [1.54, 1.807) is 4.90 Å². The van der Waals surface area contributed by atoms with Gasteiger partial charge in [-0.05, 0) is 24.0 Å². The first-order chi connectivity index (χ1) is 9.06. The number of amides is 2. The van der Waals surface area contributed by atoms with E-state index in [2.05, 4.69) is 27.3 Å². The normalized spacial score (nSPS) is 35.6. The maximum Gasteiger partial charge on any atom is 0.244 e. The number of hydrogen-bond acceptors (Lipinski definition) is 4. The van der Waals surface area contributed by atoms with Crippen LogP contribution in [0, 0.1) is 0 Å². The Kier molecular flexibility index (Phi) is 3.32. The number of likely N-dealkylation sites (tertiary alicyclic amines) is 1. The maximum atomic E-state index is 11.9. The van der Waals surface area contributed by atoms with Gasteiger partial charge in [-0.3, -0.25) is 19.8 Å². The van der Waals surface area contributed by atoms with Crippen LogP contribution in [-0.2, 0) is 9.59 Å². The monoisotopic (exact) mass is 326 g/mol. The standard InChI is InChI=1S/C13H15BrN2O3/c14-8-1-2-9-7(5-8)6-16(13(9)19)10-3-4-11(17)15-12(10)18/h2,5,8,10,13,19H,1,3-4,6H2,(H,15,17,18). The van der Waals surface area contributed by atoms with Crippen molar-refractivity contribution >= 4 is 27.7 Å². The molecule has 0 aromatic heterocycles. The molecular formula is C13H15BrN2O3. The number of alkyl halides is 1. The summed E-state index contributed by atoms with van der Waals surface area (Å²) in [5.41, 5.74) is 1.98. The van der Waals surface area contributed by atoms with Crippen LogP contribution in [0.3, 0.4) is 0 Å². The molecule has 3 unspecified atom stereocenters. The van der Waals surface area contributed by atoms with E-state index in [0.717, 1.165) is 17.6 Å². The summed E-state index contributed by atoms with van der Waals surface area (Å²) in [5, 5.41) is 12.7. The minimum atomic E-state index is -0.741. The van der Waals surface area contributed by atoms with E-state index in [1.807, 2.05) is 6.08 Å². The largest absolute Gasteiger partial charge is 0.374 e. The van der Waals surface area contributed by atoms with Crippen LogP contribution in [0.2, 0.25) is 0 Å². The average Bonchev–Trinajstić information content (AvgIpc) is 2.66. The first-order valence-corrected chi connectivity index (χ1v) is 7.30. The Bertz CT molecular complexity index is 500. The fourth-order valence-corrected chi connectivity index (χ4v) is 3.42. The van der Waals surface area contributed by atoms with Crippen molar-refractivity contribution in [3.63, 3.8) is 0 Å². The minimum absolute atomic E-state index is 0.230. The molecule has 2 heterocycles. The van der Waals surface area contributed by atoms with Crippen molar-refractivity contribution in [1.82, 2.24) is 10.2 Å². The topological polar surface area (TPSA) is 69.6 Å². The molecule has 102 valence electrons. The Hall–Kier alpha value is -0.980. The van der Waals surface area contributed by atoms with Crippen LogP contribution >= 0.6 is 15.9 Å². The molecule has 19 heavy (non-hydrogen) atoms. The third kappa shape index (κ3) is 2.28. The zero-order valence-electron chi connectivity index (χ0n) is 10.3. The first kappa shape index (κ1) is 13.0. The Balaban J connectivity index is 1.82. The zero-order valence-corrected chi connectivity index (χ0v) is 11.9. The summed E-state index contributed by atoms with van der Waals surface area (Å²) in [6.07, 6.45) is 5.02. The van der Waals surface area contributed by atoms with Gasteiger partial charge in [-0.15, -0.1) is 0 Å². The van der Waals surface area contributed by atoms with Gasteiger partial charge in [0.1, 0.15) is 6.23 Å². The molecule has 0 spiro atoms. The van der Waals surface area contributed by atoms with Crippen molar-refractivity contribution in [2.24, 2.45) is 0 Å². The summed E-state index contributed by atoms with van der Waals surface area (Å²) in [5.74, 6) is -0.531. The Morgan fingerprint density at radius 3 is 2.95 bits per heavy atom. The van der Waals surface area contributed by atoms with E-state index in [4.69, 9.17) is 0 Å². The van der Waals surface area contributed by atoms with Gasteiger partial charge < -0.3 is 5.11 Å². The number of fused-ring (bicyclic) bond motifs is 1.